The van der Waals surface area contributed by atoms with Gasteiger partial charge in [0.05, 0.1) is 6.10 Å². The molecule has 0 spiro atoms. The average molecular weight is 305 g/mol. The molecule has 1 aromatic rings. The minimum Gasteiger partial charge on any atom is -0.382 e. The quantitative estimate of drug-likeness (QED) is 0.817. The minimum atomic E-state index is -4.23. The SMILES string of the molecule is COC1CCC(Nc2ccc(SC(F)(F)F)cc2)CC1. The van der Waals surface area contributed by atoms with Crippen molar-refractivity contribution in [2.24, 2.45) is 0 Å². The largest absolute Gasteiger partial charge is 0.446 e. The van der Waals surface area contributed by atoms with Crippen molar-refractivity contribution in [3.05, 3.63) is 24.3 Å². The molecule has 0 atom stereocenters. The van der Waals surface area contributed by atoms with Gasteiger partial charge in [-0.15, -0.1) is 0 Å². The molecular formula is C14H18F3NOS. The second-order valence-electron chi connectivity index (χ2n) is 4.93. The molecule has 6 heteroatoms. The van der Waals surface area contributed by atoms with Crippen molar-refractivity contribution in [2.45, 2.75) is 48.2 Å². The van der Waals surface area contributed by atoms with Crippen LogP contribution in [0.5, 0.6) is 0 Å². The molecule has 0 heterocycles. The summed E-state index contributed by atoms with van der Waals surface area (Å²) in [7, 11) is 1.73. The van der Waals surface area contributed by atoms with E-state index in [-0.39, 0.29) is 16.7 Å². The van der Waals surface area contributed by atoms with Gasteiger partial charge in [-0.1, -0.05) is 0 Å². The molecule has 1 N–H and O–H groups in total. The molecule has 0 aliphatic heterocycles. The maximum Gasteiger partial charge on any atom is 0.446 e. The molecule has 0 bridgehead atoms. The van der Waals surface area contributed by atoms with Gasteiger partial charge in [0, 0.05) is 23.7 Å². The zero-order chi connectivity index (χ0) is 14.6. The zero-order valence-electron chi connectivity index (χ0n) is 11.2. The van der Waals surface area contributed by atoms with Crippen molar-refractivity contribution in [2.75, 3.05) is 12.4 Å². The Kier molecular flexibility index (Phi) is 5.21. The van der Waals surface area contributed by atoms with E-state index in [2.05, 4.69) is 5.32 Å². The maximum absolute atomic E-state index is 12.2. The van der Waals surface area contributed by atoms with Crippen LogP contribution >= 0.6 is 11.8 Å². The average Bonchev–Trinajstić information content (AvgIpc) is 2.40. The van der Waals surface area contributed by atoms with Crippen molar-refractivity contribution in [3.63, 3.8) is 0 Å². The zero-order valence-corrected chi connectivity index (χ0v) is 12.1. The third-order valence-electron chi connectivity index (χ3n) is 3.47. The van der Waals surface area contributed by atoms with Gasteiger partial charge in [-0.25, -0.2) is 0 Å². The molecule has 2 rings (SSSR count). The van der Waals surface area contributed by atoms with Crippen LogP contribution in [0.1, 0.15) is 25.7 Å². The Hall–Kier alpha value is -0.880. The molecule has 1 aliphatic carbocycles. The van der Waals surface area contributed by atoms with E-state index in [1.165, 1.54) is 12.1 Å². The first kappa shape index (κ1) is 15.5. The first-order valence-electron chi connectivity index (χ1n) is 6.61. The summed E-state index contributed by atoms with van der Waals surface area (Å²) in [6.07, 6.45) is 4.44. The summed E-state index contributed by atoms with van der Waals surface area (Å²) >= 11 is -0.0855. The van der Waals surface area contributed by atoms with Crippen molar-refractivity contribution in [1.82, 2.24) is 0 Å². The van der Waals surface area contributed by atoms with Crippen LogP contribution in [0, 0.1) is 0 Å². The fourth-order valence-corrected chi connectivity index (χ4v) is 2.97. The number of anilines is 1. The van der Waals surface area contributed by atoms with Crippen LogP contribution < -0.4 is 5.32 Å². The highest BCUT2D eigenvalue weighted by Crippen LogP contribution is 2.37. The fourth-order valence-electron chi connectivity index (χ4n) is 2.43. The monoisotopic (exact) mass is 305 g/mol. The van der Waals surface area contributed by atoms with E-state index in [0.717, 1.165) is 31.4 Å². The summed E-state index contributed by atoms with van der Waals surface area (Å²) in [6.45, 7) is 0. The molecule has 0 radical (unpaired) electrons. The summed E-state index contributed by atoms with van der Waals surface area (Å²) in [4.78, 5) is 0.214. The Morgan fingerprint density at radius 2 is 1.70 bits per heavy atom. The van der Waals surface area contributed by atoms with Crippen molar-refractivity contribution in [1.29, 1.82) is 0 Å². The predicted molar refractivity (Wildman–Crippen MR) is 75.0 cm³/mol. The summed E-state index contributed by atoms with van der Waals surface area (Å²) < 4.78 is 42.0. The highest BCUT2D eigenvalue weighted by atomic mass is 32.2. The van der Waals surface area contributed by atoms with E-state index in [1.54, 1.807) is 19.2 Å². The minimum absolute atomic E-state index is 0.0855. The molecule has 20 heavy (non-hydrogen) atoms. The second-order valence-corrected chi connectivity index (χ2v) is 6.06. The van der Waals surface area contributed by atoms with Crippen molar-refractivity contribution >= 4 is 17.4 Å². The highest BCUT2D eigenvalue weighted by molar-refractivity contribution is 8.00. The highest BCUT2D eigenvalue weighted by Gasteiger charge is 2.29. The number of halogens is 3. The summed E-state index contributed by atoms with van der Waals surface area (Å²) in [5.74, 6) is 0. The van der Waals surface area contributed by atoms with Gasteiger partial charge < -0.3 is 10.1 Å². The molecule has 1 aromatic carbocycles. The fraction of sp³-hybridized carbons (Fsp3) is 0.571. The third kappa shape index (κ3) is 4.90. The van der Waals surface area contributed by atoms with Gasteiger partial charge in [0.25, 0.3) is 0 Å². The first-order valence-corrected chi connectivity index (χ1v) is 7.43. The van der Waals surface area contributed by atoms with Crippen LogP contribution in [-0.2, 0) is 4.74 Å². The summed E-state index contributed by atoms with van der Waals surface area (Å²) in [5, 5.41) is 3.37. The Balaban J connectivity index is 1.85. The number of thioether (sulfide) groups is 1. The van der Waals surface area contributed by atoms with Crippen LogP contribution in [0.3, 0.4) is 0 Å². The van der Waals surface area contributed by atoms with E-state index >= 15 is 0 Å². The van der Waals surface area contributed by atoms with Crippen molar-refractivity contribution in [3.8, 4) is 0 Å². The molecule has 1 fully saturated rings. The van der Waals surface area contributed by atoms with Crippen LogP contribution in [0.25, 0.3) is 0 Å². The second kappa shape index (κ2) is 6.72. The topological polar surface area (TPSA) is 21.3 Å². The number of rotatable bonds is 4. The number of alkyl halides is 3. The van der Waals surface area contributed by atoms with Crippen LogP contribution in [0.15, 0.2) is 29.2 Å². The molecular weight excluding hydrogens is 287 g/mol. The lowest BCUT2D eigenvalue weighted by Crippen LogP contribution is -2.29. The number of methoxy groups -OCH3 is 1. The van der Waals surface area contributed by atoms with Gasteiger partial charge >= 0.3 is 5.51 Å². The number of hydrogen-bond acceptors (Lipinski definition) is 3. The molecule has 0 saturated heterocycles. The van der Waals surface area contributed by atoms with Gasteiger partial charge in [0.1, 0.15) is 0 Å². The molecule has 112 valence electrons. The maximum atomic E-state index is 12.2. The molecule has 1 aliphatic rings. The van der Waals surface area contributed by atoms with Gasteiger partial charge in [0.2, 0.25) is 0 Å². The van der Waals surface area contributed by atoms with E-state index < -0.39 is 5.51 Å². The van der Waals surface area contributed by atoms with E-state index in [0.29, 0.717) is 12.1 Å². The third-order valence-corrected chi connectivity index (χ3v) is 4.21. The van der Waals surface area contributed by atoms with Gasteiger partial charge in [0.15, 0.2) is 0 Å². The first-order chi connectivity index (χ1) is 9.46. The van der Waals surface area contributed by atoms with Crippen LogP contribution in [-0.4, -0.2) is 24.8 Å². The van der Waals surface area contributed by atoms with E-state index in [1.807, 2.05) is 0 Å². The number of benzene rings is 1. The molecule has 2 nitrogen and oxygen atoms in total. The van der Waals surface area contributed by atoms with Crippen LogP contribution in [0.2, 0.25) is 0 Å². The number of hydrogen-bond donors (Lipinski definition) is 1. The summed E-state index contributed by atoms with van der Waals surface area (Å²) in [5.41, 5.74) is -3.36. The van der Waals surface area contributed by atoms with Crippen molar-refractivity contribution < 1.29 is 17.9 Å². The number of ether oxygens (including phenoxy) is 1. The molecule has 0 unspecified atom stereocenters. The lowest BCUT2D eigenvalue weighted by molar-refractivity contribution is -0.0328. The Labute approximate surface area is 121 Å². The number of nitrogens with one attached hydrogen (secondary N) is 1. The Morgan fingerprint density at radius 3 is 2.20 bits per heavy atom. The van der Waals surface area contributed by atoms with Gasteiger partial charge in [-0.3, -0.25) is 0 Å². The molecule has 0 aromatic heterocycles. The van der Waals surface area contributed by atoms with Crippen LogP contribution in [0.4, 0.5) is 18.9 Å². The summed E-state index contributed by atoms with van der Waals surface area (Å²) in [6, 6.07) is 6.79. The van der Waals surface area contributed by atoms with Gasteiger partial charge in [-0.2, -0.15) is 13.2 Å². The standard InChI is InChI=1S/C14H18F3NOS/c1-19-12-6-2-10(3-7-12)18-11-4-8-13(9-5-11)20-14(15,16)17/h4-5,8-10,12,18H,2-3,6-7H2,1H3. The molecule has 0 amide bonds. The normalized spacial score (nSPS) is 23.6. The Morgan fingerprint density at radius 1 is 1.10 bits per heavy atom. The van der Waals surface area contributed by atoms with E-state index in [9.17, 15) is 13.2 Å². The molecule has 1 saturated carbocycles. The van der Waals surface area contributed by atoms with Gasteiger partial charge in [-0.05, 0) is 61.7 Å². The smallest absolute Gasteiger partial charge is 0.382 e. The van der Waals surface area contributed by atoms with E-state index in [4.69, 9.17) is 4.74 Å². The lowest BCUT2D eigenvalue weighted by atomic mass is 9.93. The Bertz CT molecular complexity index is 413. The predicted octanol–water partition coefficient (Wildman–Crippen LogP) is 4.67. The lowest BCUT2D eigenvalue weighted by Gasteiger charge is -2.28.